The Morgan fingerprint density at radius 2 is 1.94 bits per heavy atom. The molecule has 2 rings (SSSR count). The van der Waals surface area contributed by atoms with Crippen molar-refractivity contribution in [3.05, 3.63) is 47.2 Å². The molecule has 0 radical (unpaired) electrons. The first kappa shape index (κ1) is 12.1. The molecule has 0 spiro atoms. The van der Waals surface area contributed by atoms with Gasteiger partial charge in [0.25, 0.3) is 0 Å². The summed E-state index contributed by atoms with van der Waals surface area (Å²) in [6.07, 6.45) is 2.62. The Labute approximate surface area is 104 Å². The van der Waals surface area contributed by atoms with Gasteiger partial charge >= 0.3 is 0 Å². The van der Waals surface area contributed by atoms with Crippen molar-refractivity contribution in [2.24, 2.45) is 5.14 Å². The highest BCUT2D eigenvalue weighted by Gasteiger charge is 2.10. The third-order valence-corrected chi connectivity index (χ3v) is 3.32. The number of nitrogens with zero attached hydrogens (tertiary/aromatic N) is 2. The van der Waals surface area contributed by atoms with E-state index in [0.29, 0.717) is 11.6 Å². The number of halogens is 1. The quantitative estimate of drug-likeness (QED) is 0.912. The molecule has 0 saturated heterocycles. The van der Waals surface area contributed by atoms with Gasteiger partial charge in [-0.05, 0) is 17.7 Å². The Hall–Kier alpha value is -1.37. The largest absolute Gasteiger partial charge is 0.267 e. The van der Waals surface area contributed by atoms with Gasteiger partial charge in [-0.3, -0.25) is 4.68 Å². The van der Waals surface area contributed by atoms with E-state index in [9.17, 15) is 8.42 Å². The van der Waals surface area contributed by atoms with Crippen LogP contribution in [0.1, 0.15) is 5.56 Å². The van der Waals surface area contributed by atoms with Crippen LogP contribution in [0.2, 0.25) is 5.02 Å². The normalized spacial score (nSPS) is 11.6. The summed E-state index contributed by atoms with van der Waals surface area (Å²) in [6, 6.07) is 7.23. The van der Waals surface area contributed by atoms with Crippen molar-refractivity contribution >= 4 is 21.6 Å². The molecule has 1 heterocycles. The molecule has 0 bridgehead atoms. The highest BCUT2D eigenvalue weighted by molar-refractivity contribution is 7.89. The topological polar surface area (TPSA) is 78.0 Å². The number of aromatic nitrogens is 2. The monoisotopic (exact) mass is 271 g/mol. The maximum atomic E-state index is 11.1. The molecule has 0 aliphatic heterocycles. The number of sulfonamides is 1. The molecular formula is C10H10ClN3O2S. The van der Waals surface area contributed by atoms with E-state index in [0.717, 1.165) is 5.56 Å². The molecule has 1 aromatic carbocycles. The highest BCUT2D eigenvalue weighted by Crippen LogP contribution is 2.11. The molecule has 0 aliphatic carbocycles. The fourth-order valence-corrected chi connectivity index (χ4v) is 1.94. The van der Waals surface area contributed by atoms with Crippen LogP contribution in [-0.4, -0.2) is 18.2 Å². The molecule has 0 amide bonds. The van der Waals surface area contributed by atoms with Gasteiger partial charge < -0.3 is 0 Å². The van der Waals surface area contributed by atoms with E-state index in [1.54, 1.807) is 12.1 Å². The van der Waals surface area contributed by atoms with E-state index in [2.05, 4.69) is 5.10 Å². The standard InChI is InChI=1S/C10H10ClN3O2S/c11-9-3-1-8(2-4-9)6-14-7-10(5-13-14)17(12,15)16/h1-5,7H,6H2,(H2,12,15,16). The van der Waals surface area contributed by atoms with Crippen molar-refractivity contribution in [2.45, 2.75) is 11.4 Å². The van der Waals surface area contributed by atoms with E-state index in [1.165, 1.54) is 17.1 Å². The predicted octanol–water partition coefficient (Wildman–Crippen LogP) is 1.23. The molecule has 90 valence electrons. The van der Waals surface area contributed by atoms with Crippen LogP contribution in [0.5, 0.6) is 0 Å². The van der Waals surface area contributed by atoms with E-state index < -0.39 is 10.0 Å². The van der Waals surface area contributed by atoms with Crippen LogP contribution in [-0.2, 0) is 16.6 Å². The van der Waals surface area contributed by atoms with Crippen molar-refractivity contribution in [3.8, 4) is 0 Å². The number of hydrogen-bond donors (Lipinski definition) is 1. The smallest absolute Gasteiger partial charge is 0.241 e. The summed E-state index contributed by atoms with van der Waals surface area (Å²) in [5.41, 5.74) is 0.971. The van der Waals surface area contributed by atoms with Crippen molar-refractivity contribution in [1.29, 1.82) is 0 Å². The van der Waals surface area contributed by atoms with Crippen LogP contribution in [0.15, 0.2) is 41.6 Å². The summed E-state index contributed by atoms with van der Waals surface area (Å²) >= 11 is 5.76. The van der Waals surface area contributed by atoms with E-state index in [4.69, 9.17) is 16.7 Å². The van der Waals surface area contributed by atoms with Gasteiger partial charge in [-0.1, -0.05) is 23.7 Å². The summed E-state index contributed by atoms with van der Waals surface area (Å²) in [7, 11) is -3.69. The number of benzene rings is 1. The van der Waals surface area contributed by atoms with Crippen molar-refractivity contribution in [1.82, 2.24) is 9.78 Å². The Kier molecular flexibility index (Phi) is 3.19. The lowest BCUT2D eigenvalue weighted by molar-refractivity contribution is 0.597. The van der Waals surface area contributed by atoms with Crippen LogP contribution >= 0.6 is 11.6 Å². The summed E-state index contributed by atoms with van der Waals surface area (Å²) in [5.74, 6) is 0. The molecule has 5 nitrogen and oxygen atoms in total. The second-order valence-corrected chi connectivity index (χ2v) is 5.54. The van der Waals surface area contributed by atoms with E-state index >= 15 is 0 Å². The molecule has 7 heteroatoms. The third-order valence-electron chi connectivity index (χ3n) is 2.20. The lowest BCUT2D eigenvalue weighted by Gasteiger charge is -2.01. The average molecular weight is 272 g/mol. The molecule has 2 aromatic rings. The Morgan fingerprint density at radius 1 is 1.29 bits per heavy atom. The maximum absolute atomic E-state index is 11.1. The van der Waals surface area contributed by atoms with Gasteiger partial charge in [-0.25, -0.2) is 13.6 Å². The fraction of sp³-hybridized carbons (Fsp3) is 0.100. The zero-order valence-corrected chi connectivity index (χ0v) is 10.3. The molecule has 0 aliphatic rings. The molecule has 17 heavy (non-hydrogen) atoms. The third kappa shape index (κ3) is 3.06. The first-order chi connectivity index (χ1) is 7.95. The summed E-state index contributed by atoms with van der Waals surface area (Å²) in [6.45, 7) is 0.465. The lowest BCUT2D eigenvalue weighted by atomic mass is 10.2. The van der Waals surface area contributed by atoms with Crippen molar-refractivity contribution in [3.63, 3.8) is 0 Å². The minimum atomic E-state index is -3.69. The first-order valence-electron chi connectivity index (χ1n) is 4.75. The molecule has 0 unspecified atom stereocenters. The summed E-state index contributed by atoms with van der Waals surface area (Å²) in [4.78, 5) is 0.00598. The van der Waals surface area contributed by atoms with Gasteiger partial charge in [-0.15, -0.1) is 0 Å². The van der Waals surface area contributed by atoms with Crippen LogP contribution < -0.4 is 5.14 Å². The van der Waals surface area contributed by atoms with Crippen molar-refractivity contribution in [2.75, 3.05) is 0 Å². The van der Waals surface area contributed by atoms with Crippen molar-refractivity contribution < 1.29 is 8.42 Å². The molecule has 0 fully saturated rings. The zero-order chi connectivity index (χ0) is 12.5. The molecule has 2 N–H and O–H groups in total. The van der Waals surface area contributed by atoms with Gasteiger partial charge in [0, 0.05) is 11.2 Å². The van der Waals surface area contributed by atoms with Gasteiger partial charge in [0.15, 0.2) is 0 Å². The SMILES string of the molecule is NS(=O)(=O)c1cnn(Cc2ccc(Cl)cc2)c1. The van der Waals surface area contributed by atoms with Crippen LogP contribution in [0.3, 0.4) is 0 Å². The maximum Gasteiger partial charge on any atom is 0.241 e. The molecule has 0 atom stereocenters. The summed E-state index contributed by atoms with van der Waals surface area (Å²) in [5, 5.41) is 9.56. The van der Waals surface area contributed by atoms with Gasteiger partial charge in [-0.2, -0.15) is 5.10 Å². The van der Waals surface area contributed by atoms with Gasteiger partial charge in [0.1, 0.15) is 4.90 Å². The lowest BCUT2D eigenvalue weighted by Crippen LogP contribution is -2.11. The molecule has 1 aromatic heterocycles. The zero-order valence-electron chi connectivity index (χ0n) is 8.75. The average Bonchev–Trinajstić information content (AvgIpc) is 2.69. The highest BCUT2D eigenvalue weighted by atomic mass is 35.5. The first-order valence-corrected chi connectivity index (χ1v) is 6.67. The minimum Gasteiger partial charge on any atom is -0.267 e. The Morgan fingerprint density at radius 3 is 2.47 bits per heavy atom. The molecular weight excluding hydrogens is 262 g/mol. The minimum absolute atomic E-state index is 0.00598. The predicted molar refractivity (Wildman–Crippen MR) is 64.2 cm³/mol. The van der Waals surface area contributed by atoms with Gasteiger partial charge in [0.05, 0.1) is 12.7 Å². The number of hydrogen-bond acceptors (Lipinski definition) is 3. The van der Waals surface area contributed by atoms with Gasteiger partial charge in [0.2, 0.25) is 10.0 Å². The summed E-state index contributed by atoms with van der Waals surface area (Å²) < 4.78 is 23.6. The van der Waals surface area contributed by atoms with E-state index in [-0.39, 0.29) is 4.90 Å². The Bertz CT molecular complexity index is 619. The van der Waals surface area contributed by atoms with Crippen LogP contribution in [0, 0.1) is 0 Å². The fourth-order valence-electron chi connectivity index (χ4n) is 1.35. The number of rotatable bonds is 3. The molecule has 0 saturated carbocycles. The Balaban J connectivity index is 2.20. The van der Waals surface area contributed by atoms with E-state index in [1.807, 2.05) is 12.1 Å². The van der Waals surface area contributed by atoms with Crippen LogP contribution in [0.4, 0.5) is 0 Å². The second-order valence-electron chi connectivity index (χ2n) is 3.55. The number of primary sulfonamides is 1. The number of nitrogens with two attached hydrogens (primary N) is 1. The second kappa shape index (κ2) is 4.48. The van der Waals surface area contributed by atoms with Crippen LogP contribution in [0.25, 0.3) is 0 Å².